The van der Waals surface area contributed by atoms with Crippen LogP contribution in [0.3, 0.4) is 0 Å². The normalized spacial score (nSPS) is 23.7. The Kier molecular flexibility index (Phi) is 4.85. The van der Waals surface area contributed by atoms with E-state index in [9.17, 15) is 0 Å². The van der Waals surface area contributed by atoms with Gasteiger partial charge >= 0.3 is 0 Å². The lowest BCUT2D eigenvalue weighted by Crippen LogP contribution is -2.38. The van der Waals surface area contributed by atoms with Crippen LogP contribution in [0.4, 0.5) is 0 Å². The van der Waals surface area contributed by atoms with Gasteiger partial charge in [-0.2, -0.15) is 0 Å². The van der Waals surface area contributed by atoms with E-state index >= 15 is 0 Å². The molecule has 1 heteroatoms. The summed E-state index contributed by atoms with van der Waals surface area (Å²) in [5, 5.41) is 3.61. The molecule has 1 saturated carbocycles. The Morgan fingerprint density at radius 2 is 2.00 bits per heavy atom. The SMILES string of the molecule is C=CCC(NCC)C1CCC(C)(C)CC1. The first kappa shape index (κ1) is 12.8. The monoisotopic (exact) mass is 209 g/mol. The van der Waals surface area contributed by atoms with E-state index in [0.717, 1.165) is 18.9 Å². The molecule has 0 aromatic heterocycles. The summed E-state index contributed by atoms with van der Waals surface area (Å²) in [6, 6.07) is 0.670. The molecule has 0 aliphatic heterocycles. The molecule has 0 spiro atoms. The molecular weight excluding hydrogens is 182 g/mol. The van der Waals surface area contributed by atoms with Gasteiger partial charge in [0.15, 0.2) is 0 Å². The Morgan fingerprint density at radius 1 is 1.40 bits per heavy atom. The zero-order valence-corrected chi connectivity index (χ0v) is 10.7. The highest BCUT2D eigenvalue weighted by molar-refractivity contribution is 4.88. The fourth-order valence-corrected chi connectivity index (χ4v) is 2.71. The fourth-order valence-electron chi connectivity index (χ4n) is 2.71. The quantitative estimate of drug-likeness (QED) is 0.680. The van der Waals surface area contributed by atoms with Gasteiger partial charge in [0.25, 0.3) is 0 Å². The summed E-state index contributed by atoms with van der Waals surface area (Å²) in [5.74, 6) is 0.871. The number of rotatable bonds is 5. The first-order chi connectivity index (χ1) is 7.09. The summed E-state index contributed by atoms with van der Waals surface area (Å²) in [5.41, 5.74) is 0.585. The summed E-state index contributed by atoms with van der Waals surface area (Å²) >= 11 is 0. The second-order valence-electron chi connectivity index (χ2n) is 5.69. The molecule has 1 aliphatic rings. The first-order valence-corrected chi connectivity index (χ1v) is 6.43. The molecule has 0 aromatic rings. The standard InChI is InChI=1S/C14H27N/c1-5-7-13(15-6-2)12-8-10-14(3,4)11-9-12/h5,12-13,15H,1,6-11H2,2-4H3. The van der Waals surface area contributed by atoms with Crippen molar-refractivity contribution in [2.45, 2.75) is 58.9 Å². The lowest BCUT2D eigenvalue weighted by molar-refractivity contribution is 0.162. The Hall–Kier alpha value is -0.300. The Balaban J connectivity index is 2.44. The molecule has 0 saturated heterocycles. The van der Waals surface area contributed by atoms with Crippen molar-refractivity contribution in [1.29, 1.82) is 0 Å². The predicted octanol–water partition coefficient (Wildman–Crippen LogP) is 3.76. The van der Waals surface area contributed by atoms with Crippen LogP contribution in [0.5, 0.6) is 0 Å². The van der Waals surface area contributed by atoms with Crippen molar-refractivity contribution < 1.29 is 0 Å². The molecule has 0 heterocycles. The molecule has 0 aromatic carbocycles. The van der Waals surface area contributed by atoms with E-state index in [1.165, 1.54) is 25.7 Å². The number of hydrogen-bond acceptors (Lipinski definition) is 1. The number of hydrogen-bond donors (Lipinski definition) is 1. The molecule has 1 nitrogen and oxygen atoms in total. The second kappa shape index (κ2) is 5.69. The Bertz CT molecular complexity index is 186. The maximum absolute atomic E-state index is 3.87. The summed E-state index contributed by atoms with van der Waals surface area (Å²) < 4.78 is 0. The largest absolute Gasteiger partial charge is 0.314 e. The van der Waals surface area contributed by atoms with Crippen LogP contribution in [0, 0.1) is 11.3 Å². The van der Waals surface area contributed by atoms with Crippen LogP contribution >= 0.6 is 0 Å². The molecule has 1 fully saturated rings. The van der Waals surface area contributed by atoms with Crippen molar-refractivity contribution >= 4 is 0 Å². The Morgan fingerprint density at radius 3 is 2.47 bits per heavy atom. The van der Waals surface area contributed by atoms with E-state index in [-0.39, 0.29) is 0 Å². The van der Waals surface area contributed by atoms with Gasteiger partial charge in [-0.15, -0.1) is 6.58 Å². The molecule has 1 N–H and O–H groups in total. The van der Waals surface area contributed by atoms with Gasteiger partial charge < -0.3 is 5.32 Å². The molecule has 0 radical (unpaired) electrons. The molecule has 1 atom stereocenters. The van der Waals surface area contributed by atoms with Crippen LogP contribution in [-0.4, -0.2) is 12.6 Å². The minimum Gasteiger partial charge on any atom is -0.314 e. The zero-order valence-electron chi connectivity index (χ0n) is 10.7. The van der Waals surface area contributed by atoms with E-state index in [2.05, 4.69) is 38.7 Å². The van der Waals surface area contributed by atoms with E-state index in [4.69, 9.17) is 0 Å². The van der Waals surface area contributed by atoms with Crippen molar-refractivity contribution in [3.8, 4) is 0 Å². The van der Waals surface area contributed by atoms with Gasteiger partial charge in [-0.25, -0.2) is 0 Å². The van der Waals surface area contributed by atoms with Crippen LogP contribution in [0.1, 0.15) is 52.9 Å². The van der Waals surface area contributed by atoms with Crippen molar-refractivity contribution in [2.24, 2.45) is 11.3 Å². The molecule has 88 valence electrons. The fraction of sp³-hybridized carbons (Fsp3) is 0.857. The molecule has 15 heavy (non-hydrogen) atoms. The van der Waals surface area contributed by atoms with Gasteiger partial charge in [0.2, 0.25) is 0 Å². The molecule has 0 amide bonds. The van der Waals surface area contributed by atoms with Gasteiger partial charge in [0.1, 0.15) is 0 Å². The molecule has 1 unspecified atom stereocenters. The average Bonchev–Trinajstić information content (AvgIpc) is 2.18. The third-order valence-electron chi connectivity index (χ3n) is 3.84. The third-order valence-corrected chi connectivity index (χ3v) is 3.84. The third kappa shape index (κ3) is 3.98. The van der Waals surface area contributed by atoms with Crippen LogP contribution in [0.25, 0.3) is 0 Å². The van der Waals surface area contributed by atoms with Crippen molar-refractivity contribution in [2.75, 3.05) is 6.54 Å². The van der Waals surface area contributed by atoms with Crippen LogP contribution in [0.15, 0.2) is 12.7 Å². The highest BCUT2D eigenvalue weighted by Crippen LogP contribution is 2.39. The maximum atomic E-state index is 3.87. The van der Waals surface area contributed by atoms with Gasteiger partial charge in [-0.05, 0) is 50.0 Å². The van der Waals surface area contributed by atoms with E-state index < -0.39 is 0 Å². The average molecular weight is 209 g/mol. The minimum absolute atomic E-state index is 0.585. The summed E-state index contributed by atoms with van der Waals surface area (Å²) in [6.07, 6.45) is 8.73. The minimum atomic E-state index is 0.585. The lowest BCUT2D eigenvalue weighted by Gasteiger charge is -2.38. The van der Waals surface area contributed by atoms with Crippen LogP contribution in [0.2, 0.25) is 0 Å². The highest BCUT2D eigenvalue weighted by atomic mass is 14.9. The molecular formula is C14H27N. The second-order valence-corrected chi connectivity index (χ2v) is 5.69. The first-order valence-electron chi connectivity index (χ1n) is 6.43. The topological polar surface area (TPSA) is 12.0 Å². The lowest BCUT2D eigenvalue weighted by atomic mass is 9.70. The van der Waals surface area contributed by atoms with Crippen molar-refractivity contribution in [3.05, 3.63) is 12.7 Å². The van der Waals surface area contributed by atoms with E-state index in [0.29, 0.717) is 11.5 Å². The maximum Gasteiger partial charge on any atom is 0.0130 e. The Labute approximate surface area is 95.3 Å². The smallest absolute Gasteiger partial charge is 0.0130 e. The van der Waals surface area contributed by atoms with Crippen molar-refractivity contribution in [1.82, 2.24) is 5.32 Å². The summed E-state index contributed by atoms with van der Waals surface area (Å²) in [6.45, 7) is 11.9. The van der Waals surface area contributed by atoms with E-state index in [1.54, 1.807) is 0 Å². The van der Waals surface area contributed by atoms with E-state index in [1.807, 2.05) is 0 Å². The van der Waals surface area contributed by atoms with Crippen molar-refractivity contribution in [3.63, 3.8) is 0 Å². The molecule has 1 aliphatic carbocycles. The molecule has 0 bridgehead atoms. The molecule has 1 rings (SSSR count). The van der Waals surface area contributed by atoms with Crippen LogP contribution in [-0.2, 0) is 0 Å². The van der Waals surface area contributed by atoms with Gasteiger partial charge in [-0.3, -0.25) is 0 Å². The van der Waals surface area contributed by atoms with Gasteiger partial charge in [0.05, 0.1) is 0 Å². The highest BCUT2D eigenvalue weighted by Gasteiger charge is 2.30. The summed E-state index contributed by atoms with van der Waals surface area (Å²) in [4.78, 5) is 0. The zero-order chi connectivity index (χ0) is 11.3. The summed E-state index contributed by atoms with van der Waals surface area (Å²) in [7, 11) is 0. The van der Waals surface area contributed by atoms with Gasteiger partial charge in [-0.1, -0.05) is 26.8 Å². The van der Waals surface area contributed by atoms with Gasteiger partial charge in [0, 0.05) is 6.04 Å². The number of nitrogens with one attached hydrogen (secondary N) is 1. The van der Waals surface area contributed by atoms with Crippen LogP contribution < -0.4 is 5.32 Å². The predicted molar refractivity (Wildman–Crippen MR) is 68.0 cm³/mol.